The van der Waals surface area contributed by atoms with E-state index in [-0.39, 0.29) is 12.5 Å². The average Bonchev–Trinajstić information content (AvgIpc) is 2.38. The molecule has 0 aliphatic heterocycles. The quantitative estimate of drug-likeness (QED) is 0.833. The molecule has 1 rings (SSSR count). The van der Waals surface area contributed by atoms with E-state index < -0.39 is 11.8 Å². The second-order valence-electron chi connectivity index (χ2n) is 4.97. The van der Waals surface area contributed by atoms with E-state index in [0.29, 0.717) is 25.1 Å². The van der Waals surface area contributed by atoms with E-state index >= 15 is 0 Å². The number of nitrogens with zero attached hydrogens (tertiary/aromatic N) is 2. The fourth-order valence-corrected chi connectivity index (χ4v) is 1.96. The van der Waals surface area contributed by atoms with Crippen LogP contribution in [0.4, 0.5) is 4.39 Å². The zero-order valence-electron chi connectivity index (χ0n) is 11.8. The third-order valence-electron chi connectivity index (χ3n) is 3.13. The number of rotatable bonds is 7. The molecule has 0 fully saturated rings. The maximum absolute atomic E-state index is 13.1. The second kappa shape index (κ2) is 7.61. The van der Waals surface area contributed by atoms with Crippen LogP contribution in [0, 0.1) is 17.1 Å². The standard InChI is InChI=1S/C15H19FN2O2/c1-11(2)18(7-3-4-15(19)20)10-12-5-6-14(16)8-13(12)9-17/h5-6,8,11H,3-4,7,10H2,1-2H3,(H,19,20). The van der Waals surface area contributed by atoms with Crippen molar-refractivity contribution in [1.82, 2.24) is 4.90 Å². The van der Waals surface area contributed by atoms with Gasteiger partial charge < -0.3 is 5.11 Å². The van der Waals surface area contributed by atoms with Gasteiger partial charge in [0.05, 0.1) is 11.6 Å². The second-order valence-corrected chi connectivity index (χ2v) is 4.97. The Morgan fingerprint density at radius 1 is 1.50 bits per heavy atom. The van der Waals surface area contributed by atoms with Gasteiger partial charge in [0.2, 0.25) is 0 Å². The van der Waals surface area contributed by atoms with Crippen molar-refractivity contribution in [2.45, 2.75) is 39.3 Å². The normalized spacial score (nSPS) is 10.8. The predicted molar refractivity (Wildman–Crippen MR) is 73.5 cm³/mol. The van der Waals surface area contributed by atoms with Gasteiger partial charge in [0.15, 0.2) is 0 Å². The summed E-state index contributed by atoms with van der Waals surface area (Å²) in [5, 5.41) is 17.7. The minimum Gasteiger partial charge on any atom is -0.481 e. The van der Waals surface area contributed by atoms with Crippen molar-refractivity contribution in [2.24, 2.45) is 0 Å². The highest BCUT2D eigenvalue weighted by Gasteiger charge is 2.13. The van der Waals surface area contributed by atoms with E-state index in [0.717, 1.165) is 5.56 Å². The lowest BCUT2D eigenvalue weighted by molar-refractivity contribution is -0.137. The van der Waals surface area contributed by atoms with Crippen molar-refractivity contribution in [3.63, 3.8) is 0 Å². The highest BCUT2D eigenvalue weighted by Crippen LogP contribution is 2.15. The predicted octanol–water partition coefficient (Wildman–Crippen LogP) is 2.77. The van der Waals surface area contributed by atoms with E-state index in [1.54, 1.807) is 6.07 Å². The zero-order chi connectivity index (χ0) is 15.1. The summed E-state index contributed by atoms with van der Waals surface area (Å²) in [6.07, 6.45) is 0.675. The minimum atomic E-state index is -0.812. The molecule has 0 heterocycles. The first-order valence-electron chi connectivity index (χ1n) is 6.58. The molecule has 0 amide bonds. The van der Waals surface area contributed by atoms with E-state index in [1.165, 1.54) is 12.1 Å². The summed E-state index contributed by atoms with van der Waals surface area (Å²) in [5.41, 5.74) is 1.09. The van der Waals surface area contributed by atoms with Crippen molar-refractivity contribution in [3.05, 3.63) is 35.1 Å². The fourth-order valence-electron chi connectivity index (χ4n) is 1.96. The molecule has 0 spiro atoms. The van der Waals surface area contributed by atoms with Crippen molar-refractivity contribution < 1.29 is 14.3 Å². The van der Waals surface area contributed by atoms with Gasteiger partial charge in [0.25, 0.3) is 0 Å². The van der Waals surface area contributed by atoms with Crippen molar-refractivity contribution in [1.29, 1.82) is 5.26 Å². The van der Waals surface area contributed by atoms with Crippen LogP contribution < -0.4 is 0 Å². The summed E-state index contributed by atoms with van der Waals surface area (Å²) in [6, 6.07) is 6.39. The summed E-state index contributed by atoms with van der Waals surface area (Å²) < 4.78 is 13.1. The number of aliphatic carboxylic acids is 1. The molecule has 0 aliphatic carbocycles. The molecule has 108 valence electrons. The Hall–Kier alpha value is -1.93. The van der Waals surface area contributed by atoms with Gasteiger partial charge in [-0.05, 0) is 44.5 Å². The highest BCUT2D eigenvalue weighted by molar-refractivity contribution is 5.66. The molecule has 20 heavy (non-hydrogen) atoms. The molecule has 5 heteroatoms. The number of halogens is 1. The Labute approximate surface area is 118 Å². The molecule has 1 aromatic carbocycles. The monoisotopic (exact) mass is 278 g/mol. The minimum absolute atomic E-state index is 0.123. The molecule has 0 aromatic heterocycles. The van der Waals surface area contributed by atoms with Gasteiger partial charge in [-0.15, -0.1) is 0 Å². The van der Waals surface area contributed by atoms with Gasteiger partial charge >= 0.3 is 5.97 Å². The first kappa shape index (κ1) is 16.1. The molecule has 0 unspecified atom stereocenters. The van der Waals surface area contributed by atoms with Crippen molar-refractivity contribution in [3.8, 4) is 6.07 Å². The number of hydrogen-bond acceptors (Lipinski definition) is 3. The average molecular weight is 278 g/mol. The van der Waals surface area contributed by atoms with Gasteiger partial charge in [0, 0.05) is 19.0 Å². The molecular weight excluding hydrogens is 259 g/mol. The molecule has 0 saturated heterocycles. The van der Waals surface area contributed by atoms with Crippen LogP contribution in [0.1, 0.15) is 37.8 Å². The molecular formula is C15H19FN2O2. The lowest BCUT2D eigenvalue weighted by Crippen LogP contribution is -2.32. The van der Waals surface area contributed by atoms with Crippen LogP contribution >= 0.6 is 0 Å². The Morgan fingerprint density at radius 2 is 2.20 bits per heavy atom. The van der Waals surface area contributed by atoms with Gasteiger partial charge in [-0.3, -0.25) is 9.69 Å². The molecule has 0 bridgehead atoms. The molecule has 1 aromatic rings. The maximum Gasteiger partial charge on any atom is 0.303 e. The summed E-state index contributed by atoms with van der Waals surface area (Å²) in [4.78, 5) is 12.6. The first-order chi connectivity index (χ1) is 9.43. The van der Waals surface area contributed by atoms with Crippen LogP contribution in [-0.2, 0) is 11.3 Å². The van der Waals surface area contributed by atoms with Gasteiger partial charge in [-0.25, -0.2) is 4.39 Å². The fraction of sp³-hybridized carbons (Fsp3) is 0.467. The van der Waals surface area contributed by atoms with E-state index in [4.69, 9.17) is 10.4 Å². The molecule has 0 saturated carbocycles. The molecule has 0 atom stereocenters. The topological polar surface area (TPSA) is 64.3 Å². The maximum atomic E-state index is 13.1. The summed E-state index contributed by atoms with van der Waals surface area (Å²) in [7, 11) is 0. The van der Waals surface area contributed by atoms with E-state index in [1.807, 2.05) is 19.9 Å². The number of benzene rings is 1. The molecule has 4 nitrogen and oxygen atoms in total. The van der Waals surface area contributed by atoms with Crippen LogP contribution in [0.2, 0.25) is 0 Å². The molecule has 0 aliphatic rings. The Morgan fingerprint density at radius 3 is 2.75 bits per heavy atom. The van der Waals surface area contributed by atoms with Gasteiger partial charge in [-0.1, -0.05) is 6.07 Å². The van der Waals surface area contributed by atoms with Gasteiger partial charge in [0.1, 0.15) is 5.82 Å². The summed E-state index contributed by atoms with van der Waals surface area (Å²) in [5.74, 6) is -1.24. The lowest BCUT2D eigenvalue weighted by Gasteiger charge is -2.26. The summed E-state index contributed by atoms with van der Waals surface area (Å²) in [6.45, 7) is 5.17. The Bertz CT molecular complexity index is 509. The number of carboxylic acid groups (broad SMARTS) is 1. The SMILES string of the molecule is CC(C)N(CCCC(=O)O)Cc1ccc(F)cc1C#N. The third-order valence-corrected chi connectivity index (χ3v) is 3.13. The van der Waals surface area contributed by atoms with Crippen LogP contribution in [0.5, 0.6) is 0 Å². The Balaban J connectivity index is 2.75. The van der Waals surface area contributed by atoms with E-state index in [2.05, 4.69) is 4.90 Å². The highest BCUT2D eigenvalue weighted by atomic mass is 19.1. The van der Waals surface area contributed by atoms with Crippen LogP contribution in [0.25, 0.3) is 0 Å². The third kappa shape index (κ3) is 4.98. The van der Waals surface area contributed by atoms with Crippen LogP contribution in [0.3, 0.4) is 0 Å². The van der Waals surface area contributed by atoms with Crippen LogP contribution in [-0.4, -0.2) is 28.6 Å². The number of hydrogen-bond donors (Lipinski definition) is 1. The van der Waals surface area contributed by atoms with Crippen molar-refractivity contribution in [2.75, 3.05) is 6.54 Å². The zero-order valence-corrected chi connectivity index (χ0v) is 11.8. The molecule has 1 N–H and O–H groups in total. The smallest absolute Gasteiger partial charge is 0.303 e. The van der Waals surface area contributed by atoms with E-state index in [9.17, 15) is 9.18 Å². The largest absolute Gasteiger partial charge is 0.481 e. The molecule has 0 radical (unpaired) electrons. The Kier molecular flexibility index (Phi) is 6.13. The van der Waals surface area contributed by atoms with Gasteiger partial charge in [-0.2, -0.15) is 5.26 Å². The number of carbonyl (C=O) groups is 1. The lowest BCUT2D eigenvalue weighted by atomic mass is 10.1. The number of carboxylic acids is 1. The number of nitriles is 1. The van der Waals surface area contributed by atoms with Crippen molar-refractivity contribution >= 4 is 5.97 Å². The van der Waals surface area contributed by atoms with Crippen LogP contribution in [0.15, 0.2) is 18.2 Å². The first-order valence-corrected chi connectivity index (χ1v) is 6.58. The summed E-state index contributed by atoms with van der Waals surface area (Å²) >= 11 is 0.